The van der Waals surface area contributed by atoms with E-state index in [0.29, 0.717) is 6.04 Å². The fraction of sp³-hybridized carbons (Fsp3) is 0.364. The van der Waals surface area contributed by atoms with Crippen LogP contribution in [0.1, 0.15) is 18.4 Å². The maximum Gasteiger partial charge on any atom is 0.105 e. The number of hydrogen-bond donors (Lipinski definition) is 2. The first kappa shape index (κ1) is 9.98. The van der Waals surface area contributed by atoms with Crippen molar-refractivity contribution in [3.05, 3.63) is 42.4 Å². The molecule has 2 rings (SSSR count). The van der Waals surface area contributed by atoms with Crippen LogP contribution in [0.2, 0.25) is 0 Å². The zero-order chi connectivity index (χ0) is 10.5. The molecule has 2 aromatic rings. The van der Waals surface area contributed by atoms with E-state index in [4.69, 9.17) is 4.42 Å². The maximum absolute atomic E-state index is 5.28. The Morgan fingerprint density at radius 1 is 1.60 bits per heavy atom. The summed E-state index contributed by atoms with van der Waals surface area (Å²) in [4.78, 5) is 7.02. The Kier molecular flexibility index (Phi) is 3.19. The molecule has 0 fully saturated rings. The Hall–Kier alpha value is -1.55. The van der Waals surface area contributed by atoms with E-state index in [1.165, 1.54) is 0 Å². The van der Waals surface area contributed by atoms with Gasteiger partial charge in [-0.3, -0.25) is 0 Å². The highest BCUT2D eigenvalue weighted by molar-refractivity contribution is 5.00. The Morgan fingerprint density at radius 2 is 2.53 bits per heavy atom. The SMILES string of the molecule is CC(Cc1ccco1)NCc1cnc[nH]1. The number of aromatic amines is 1. The predicted octanol–water partition coefficient (Wildman–Crippen LogP) is 1.72. The molecule has 1 atom stereocenters. The van der Waals surface area contributed by atoms with Gasteiger partial charge in [-0.05, 0) is 19.1 Å². The van der Waals surface area contributed by atoms with Crippen LogP contribution in [0.25, 0.3) is 0 Å². The predicted molar refractivity (Wildman–Crippen MR) is 57.3 cm³/mol. The number of nitrogens with zero attached hydrogens (tertiary/aromatic N) is 1. The molecule has 0 saturated carbocycles. The topological polar surface area (TPSA) is 53.9 Å². The highest BCUT2D eigenvalue weighted by Gasteiger charge is 2.05. The lowest BCUT2D eigenvalue weighted by Gasteiger charge is -2.10. The smallest absolute Gasteiger partial charge is 0.105 e. The van der Waals surface area contributed by atoms with Crippen molar-refractivity contribution in [3.8, 4) is 0 Å². The summed E-state index contributed by atoms with van der Waals surface area (Å²) in [6.45, 7) is 2.95. The molecule has 0 aliphatic carbocycles. The van der Waals surface area contributed by atoms with E-state index in [1.807, 2.05) is 18.3 Å². The molecule has 0 aliphatic heterocycles. The zero-order valence-electron chi connectivity index (χ0n) is 8.73. The standard InChI is InChI=1S/C11H15N3O/c1-9(5-11-3-2-4-15-11)13-7-10-6-12-8-14-10/h2-4,6,8-9,13H,5,7H2,1H3,(H,12,14). The normalized spacial score (nSPS) is 12.9. The fourth-order valence-electron chi connectivity index (χ4n) is 1.47. The monoisotopic (exact) mass is 205 g/mol. The van der Waals surface area contributed by atoms with Gasteiger partial charge in [-0.1, -0.05) is 0 Å². The first-order chi connectivity index (χ1) is 7.34. The van der Waals surface area contributed by atoms with Crippen molar-refractivity contribution >= 4 is 0 Å². The average Bonchev–Trinajstić information content (AvgIpc) is 2.86. The van der Waals surface area contributed by atoms with Gasteiger partial charge >= 0.3 is 0 Å². The lowest BCUT2D eigenvalue weighted by atomic mass is 10.2. The van der Waals surface area contributed by atoms with Crippen LogP contribution in [0.4, 0.5) is 0 Å². The van der Waals surface area contributed by atoms with Crippen molar-refractivity contribution < 1.29 is 4.42 Å². The summed E-state index contributed by atoms with van der Waals surface area (Å²) < 4.78 is 5.28. The number of aromatic nitrogens is 2. The van der Waals surface area contributed by atoms with Crippen LogP contribution >= 0.6 is 0 Å². The summed E-state index contributed by atoms with van der Waals surface area (Å²) in [6.07, 6.45) is 6.12. The second kappa shape index (κ2) is 4.79. The Balaban J connectivity index is 1.76. The lowest BCUT2D eigenvalue weighted by Crippen LogP contribution is -2.27. The molecule has 0 amide bonds. The van der Waals surface area contributed by atoms with Gasteiger partial charge in [0.05, 0.1) is 12.6 Å². The minimum atomic E-state index is 0.388. The number of hydrogen-bond acceptors (Lipinski definition) is 3. The van der Waals surface area contributed by atoms with Gasteiger partial charge in [0.15, 0.2) is 0 Å². The average molecular weight is 205 g/mol. The van der Waals surface area contributed by atoms with Crippen LogP contribution in [-0.2, 0) is 13.0 Å². The molecule has 15 heavy (non-hydrogen) atoms. The van der Waals surface area contributed by atoms with Crippen molar-refractivity contribution in [2.24, 2.45) is 0 Å². The molecule has 0 saturated heterocycles. The molecule has 1 unspecified atom stereocenters. The minimum Gasteiger partial charge on any atom is -0.469 e. The van der Waals surface area contributed by atoms with Crippen molar-refractivity contribution in [2.75, 3.05) is 0 Å². The molecule has 0 aromatic carbocycles. The third kappa shape index (κ3) is 2.95. The second-order valence-electron chi connectivity index (χ2n) is 3.64. The Bertz CT molecular complexity index is 366. The van der Waals surface area contributed by atoms with Crippen LogP contribution in [-0.4, -0.2) is 16.0 Å². The van der Waals surface area contributed by atoms with Crippen molar-refractivity contribution in [2.45, 2.75) is 25.9 Å². The van der Waals surface area contributed by atoms with Crippen LogP contribution in [0.5, 0.6) is 0 Å². The van der Waals surface area contributed by atoms with Crippen LogP contribution in [0.3, 0.4) is 0 Å². The Labute approximate surface area is 88.7 Å². The van der Waals surface area contributed by atoms with Crippen molar-refractivity contribution in [1.29, 1.82) is 0 Å². The summed E-state index contributed by atoms with van der Waals surface area (Å²) in [5.74, 6) is 1.01. The fourth-order valence-corrected chi connectivity index (χ4v) is 1.47. The maximum atomic E-state index is 5.28. The third-order valence-electron chi connectivity index (χ3n) is 2.28. The van der Waals surface area contributed by atoms with E-state index >= 15 is 0 Å². The molecule has 0 radical (unpaired) electrons. The molecule has 4 heteroatoms. The van der Waals surface area contributed by atoms with E-state index in [9.17, 15) is 0 Å². The van der Waals surface area contributed by atoms with Gasteiger partial charge in [0.2, 0.25) is 0 Å². The largest absolute Gasteiger partial charge is 0.469 e. The van der Waals surface area contributed by atoms with E-state index < -0.39 is 0 Å². The summed E-state index contributed by atoms with van der Waals surface area (Å²) in [5.41, 5.74) is 1.10. The first-order valence-electron chi connectivity index (χ1n) is 5.07. The molecular weight excluding hydrogens is 190 g/mol. The summed E-state index contributed by atoms with van der Waals surface area (Å²) in [5, 5.41) is 3.39. The minimum absolute atomic E-state index is 0.388. The number of H-pyrrole nitrogens is 1. The first-order valence-corrected chi connectivity index (χ1v) is 5.07. The quantitative estimate of drug-likeness (QED) is 0.781. The van der Waals surface area contributed by atoms with Crippen LogP contribution in [0.15, 0.2) is 35.3 Å². The number of furan rings is 1. The van der Waals surface area contributed by atoms with E-state index in [0.717, 1.165) is 24.4 Å². The molecule has 2 N–H and O–H groups in total. The van der Waals surface area contributed by atoms with E-state index in [-0.39, 0.29) is 0 Å². The van der Waals surface area contributed by atoms with E-state index in [1.54, 1.807) is 12.6 Å². The van der Waals surface area contributed by atoms with Gasteiger partial charge < -0.3 is 14.7 Å². The number of rotatable bonds is 5. The molecule has 4 nitrogen and oxygen atoms in total. The van der Waals surface area contributed by atoms with Gasteiger partial charge in [-0.2, -0.15) is 0 Å². The van der Waals surface area contributed by atoms with Gasteiger partial charge in [0.1, 0.15) is 5.76 Å². The highest BCUT2D eigenvalue weighted by atomic mass is 16.3. The highest BCUT2D eigenvalue weighted by Crippen LogP contribution is 2.04. The molecule has 0 bridgehead atoms. The number of nitrogens with one attached hydrogen (secondary N) is 2. The molecule has 2 heterocycles. The lowest BCUT2D eigenvalue weighted by molar-refractivity contribution is 0.455. The third-order valence-corrected chi connectivity index (χ3v) is 2.28. The van der Waals surface area contributed by atoms with E-state index in [2.05, 4.69) is 22.2 Å². The second-order valence-corrected chi connectivity index (χ2v) is 3.64. The molecule has 2 aromatic heterocycles. The van der Waals surface area contributed by atoms with Gasteiger partial charge in [-0.25, -0.2) is 4.98 Å². The van der Waals surface area contributed by atoms with Gasteiger partial charge in [0.25, 0.3) is 0 Å². The molecule has 0 aliphatic rings. The molecule has 0 spiro atoms. The van der Waals surface area contributed by atoms with Crippen LogP contribution in [0, 0.1) is 0 Å². The molecular formula is C11H15N3O. The molecule has 80 valence electrons. The van der Waals surface area contributed by atoms with Gasteiger partial charge in [0, 0.05) is 30.9 Å². The summed E-state index contributed by atoms with van der Waals surface area (Å²) >= 11 is 0. The van der Waals surface area contributed by atoms with Crippen LogP contribution < -0.4 is 5.32 Å². The van der Waals surface area contributed by atoms with Crippen molar-refractivity contribution in [3.63, 3.8) is 0 Å². The Morgan fingerprint density at radius 3 is 3.20 bits per heavy atom. The number of imidazole rings is 1. The van der Waals surface area contributed by atoms with Crippen molar-refractivity contribution in [1.82, 2.24) is 15.3 Å². The summed E-state index contributed by atoms with van der Waals surface area (Å²) in [7, 11) is 0. The van der Waals surface area contributed by atoms with Gasteiger partial charge in [-0.15, -0.1) is 0 Å². The zero-order valence-corrected chi connectivity index (χ0v) is 8.73. The summed E-state index contributed by atoms with van der Waals surface area (Å²) in [6, 6.07) is 4.30.